The Labute approximate surface area is 119 Å². The van der Waals surface area contributed by atoms with Crippen LogP contribution in [0.1, 0.15) is 37.0 Å². The Morgan fingerprint density at radius 1 is 1.25 bits per heavy atom. The van der Waals surface area contributed by atoms with Gasteiger partial charge in [0.2, 0.25) is 0 Å². The van der Waals surface area contributed by atoms with E-state index in [-0.39, 0.29) is 5.91 Å². The molecule has 0 radical (unpaired) electrons. The van der Waals surface area contributed by atoms with Crippen LogP contribution in [0.25, 0.3) is 10.9 Å². The highest BCUT2D eigenvalue weighted by atomic mass is 16.1. The van der Waals surface area contributed by atoms with Crippen LogP contribution in [0.3, 0.4) is 0 Å². The molecule has 0 aliphatic heterocycles. The van der Waals surface area contributed by atoms with E-state index in [1.807, 2.05) is 37.3 Å². The number of pyridine rings is 1. The summed E-state index contributed by atoms with van der Waals surface area (Å²) in [6.07, 6.45) is 2.06. The van der Waals surface area contributed by atoms with Gasteiger partial charge in [0.05, 0.1) is 11.1 Å². The van der Waals surface area contributed by atoms with Crippen molar-refractivity contribution in [3.8, 4) is 0 Å². The summed E-state index contributed by atoms with van der Waals surface area (Å²) >= 11 is 0. The first-order valence-corrected chi connectivity index (χ1v) is 7.18. The molecule has 2 N–H and O–H groups in total. The highest BCUT2D eigenvalue weighted by Gasteiger charge is 2.12. The van der Waals surface area contributed by atoms with Gasteiger partial charge in [-0.1, -0.05) is 31.5 Å². The number of carbonyl (C=O) groups is 1. The van der Waals surface area contributed by atoms with Gasteiger partial charge in [-0.25, -0.2) is 4.98 Å². The molecule has 2 rings (SSSR count). The molecule has 0 atom stereocenters. The fourth-order valence-electron chi connectivity index (χ4n) is 2.11. The lowest BCUT2D eigenvalue weighted by Crippen LogP contribution is -2.24. The van der Waals surface area contributed by atoms with Crippen molar-refractivity contribution in [2.75, 3.05) is 18.4 Å². The maximum Gasteiger partial charge on any atom is 0.252 e. The van der Waals surface area contributed by atoms with E-state index in [1.54, 1.807) is 0 Å². The molecule has 0 aliphatic rings. The number of anilines is 1. The van der Waals surface area contributed by atoms with Crippen LogP contribution >= 0.6 is 0 Å². The van der Waals surface area contributed by atoms with Crippen LogP contribution in [0.2, 0.25) is 0 Å². The van der Waals surface area contributed by atoms with E-state index in [4.69, 9.17) is 0 Å². The topological polar surface area (TPSA) is 54.0 Å². The van der Waals surface area contributed by atoms with Crippen LogP contribution in [0.4, 0.5) is 5.82 Å². The van der Waals surface area contributed by atoms with E-state index in [9.17, 15) is 4.79 Å². The largest absolute Gasteiger partial charge is 0.370 e. The first-order valence-electron chi connectivity index (χ1n) is 7.18. The molecule has 106 valence electrons. The minimum absolute atomic E-state index is 0.0313. The van der Waals surface area contributed by atoms with E-state index in [2.05, 4.69) is 22.5 Å². The summed E-state index contributed by atoms with van der Waals surface area (Å²) in [4.78, 5) is 16.8. The molecule has 1 aromatic heterocycles. The standard InChI is InChI=1S/C16H21N3O/c1-3-5-10-18-16(20)13-11-15(17-4-2)19-14-9-7-6-8-12(13)14/h6-9,11H,3-5,10H2,1-2H3,(H,17,19)(H,18,20). The Hall–Kier alpha value is -2.10. The summed E-state index contributed by atoms with van der Waals surface area (Å²) in [5.41, 5.74) is 1.52. The van der Waals surface area contributed by atoms with Gasteiger partial charge >= 0.3 is 0 Å². The fourth-order valence-corrected chi connectivity index (χ4v) is 2.11. The Kier molecular flexibility index (Phi) is 4.93. The number of nitrogens with one attached hydrogen (secondary N) is 2. The smallest absolute Gasteiger partial charge is 0.252 e. The number of benzene rings is 1. The van der Waals surface area contributed by atoms with Crippen molar-refractivity contribution in [3.05, 3.63) is 35.9 Å². The highest BCUT2D eigenvalue weighted by Crippen LogP contribution is 2.20. The summed E-state index contributed by atoms with van der Waals surface area (Å²) < 4.78 is 0. The predicted octanol–water partition coefficient (Wildman–Crippen LogP) is 3.20. The van der Waals surface area contributed by atoms with Crippen molar-refractivity contribution in [3.63, 3.8) is 0 Å². The van der Waals surface area contributed by atoms with Crippen molar-refractivity contribution in [1.82, 2.24) is 10.3 Å². The van der Waals surface area contributed by atoms with Crippen LogP contribution in [0, 0.1) is 0 Å². The normalized spacial score (nSPS) is 10.5. The van der Waals surface area contributed by atoms with Gasteiger partial charge < -0.3 is 10.6 Å². The average molecular weight is 271 g/mol. The molecular weight excluding hydrogens is 250 g/mol. The molecule has 0 unspecified atom stereocenters. The van der Waals surface area contributed by atoms with Crippen molar-refractivity contribution in [2.24, 2.45) is 0 Å². The van der Waals surface area contributed by atoms with E-state index in [0.717, 1.165) is 36.1 Å². The van der Waals surface area contributed by atoms with Crippen LogP contribution < -0.4 is 10.6 Å². The van der Waals surface area contributed by atoms with Gasteiger partial charge in [0.1, 0.15) is 5.82 Å². The van der Waals surface area contributed by atoms with Gasteiger partial charge in [0, 0.05) is 18.5 Å². The molecule has 0 bridgehead atoms. The summed E-state index contributed by atoms with van der Waals surface area (Å²) in [5.74, 6) is 0.711. The van der Waals surface area contributed by atoms with Crippen LogP contribution in [-0.4, -0.2) is 24.0 Å². The molecule has 4 nitrogen and oxygen atoms in total. The Morgan fingerprint density at radius 2 is 2.05 bits per heavy atom. The quantitative estimate of drug-likeness (QED) is 0.793. The highest BCUT2D eigenvalue weighted by molar-refractivity contribution is 6.06. The van der Waals surface area contributed by atoms with Crippen molar-refractivity contribution in [1.29, 1.82) is 0 Å². The van der Waals surface area contributed by atoms with Crippen molar-refractivity contribution < 1.29 is 4.79 Å². The summed E-state index contributed by atoms with van der Waals surface area (Å²) in [7, 11) is 0. The van der Waals surface area contributed by atoms with Crippen LogP contribution in [0.5, 0.6) is 0 Å². The van der Waals surface area contributed by atoms with Gasteiger partial charge in [-0.3, -0.25) is 4.79 Å². The molecule has 2 aromatic rings. The number of fused-ring (bicyclic) bond motifs is 1. The van der Waals surface area contributed by atoms with Crippen molar-refractivity contribution in [2.45, 2.75) is 26.7 Å². The number of aromatic nitrogens is 1. The van der Waals surface area contributed by atoms with Crippen LogP contribution in [0.15, 0.2) is 30.3 Å². The Balaban J connectivity index is 2.36. The molecule has 0 saturated heterocycles. The number of carbonyl (C=O) groups excluding carboxylic acids is 1. The summed E-state index contributed by atoms with van der Waals surface area (Å²) in [5, 5.41) is 7.03. The second kappa shape index (κ2) is 6.89. The molecular formula is C16H21N3O. The molecule has 0 aliphatic carbocycles. The first-order chi connectivity index (χ1) is 9.76. The third-order valence-corrected chi connectivity index (χ3v) is 3.13. The number of amides is 1. The lowest BCUT2D eigenvalue weighted by atomic mass is 10.1. The minimum Gasteiger partial charge on any atom is -0.370 e. The molecule has 20 heavy (non-hydrogen) atoms. The van der Waals surface area contributed by atoms with E-state index >= 15 is 0 Å². The number of unbranched alkanes of at least 4 members (excludes halogenated alkanes) is 1. The number of para-hydroxylation sites is 1. The zero-order chi connectivity index (χ0) is 14.4. The zero-order valence-corrected chi connectivity index (χ0v) is 12.1. The Bertz CT molecular complexity index is 595. The van der Waals surface area contributed by atoms with Gasteiger partial charge in [-0.05, 0) is 25.5 Å². The Morgan fingerprint density at radius 3 is 2.80 bits per heavy atom. The van der Waals surface area contributed by atoms with Crippen molar-refractivity contribution >= 4 is 22.6 Å². The van der Waals surface area contributed by atoms with Crippen LogP contribution in [-0.2, 0) is 0 Å². The zero-order valence-electron chi connectivity index (χ0n) is 12.1. The second-order valence-electron chi connectivity index (χ2n) is 4.71. The first kappa shape index (κ1) is 14.3. The molecule has 0 saturated carbocycles. The molecule has 1 aromatic carbocycles. The van der Waals surface area contributed by atoms with Gasteiger partial charge in [-0.2, -0.15) is 0 Å². The summed E-state index contributed by atoms with van der Waals surface area (Å²) in [6, 6.07) is 9.56. The summed E-state index contributed by atoms with van der Waals surface area (Å²) in [6.45, 7) is 5.61. The van der Waals surface area contributed by atoms with Gasteiger partial charge in [0.25, 0.3) is 5.91 Å². The minimum atomic E-state index is -0.0313. The van der Waals surface area contributed by atoms with Gasteiger partial charge in [-0.15, -0.1) is 0 Å². The maximum absolute atomic E-state index is 12.3. The van der Waals surface area contributed by atoms with E-state index < -0.39 is 0 Å². The number of hydrogen-bond acceptors (Lipinski definition) is 3. The second-order valence-corrected chi connectivity index (χ2v) is 4.71. The molecule has 1 amide bonds. The SMILES string of the molecule is CCCCNC(=O)c1cc(NCC)nc2ccccc12. The molecule has 0 fully saturated rings. The van der Waals surface area contributed by atoms with Gasteiger partial charge in [0.15, 0.2) is 0 Å². The third kappa shape index (κ3) is 3.26. The molecule has 1 heterocycles. The number of hydrogen-bond donors (Lipinski definition) is 2. The van der Waals surface area contributed by atoms with E-state index in [0.29, 0.717) is 12.1 Å². The number of nitrogens with zero attached hydrogens (tertiary/aromatic N) is 1. The maximum atomic E-state index is 12.3. The monoisotopic (exact) mass is 271 g/mol. The lowest BCUT2D eigenvalue weighted by Gasteiger charge is -2.10. The van der Waals surface area contributed by atoms with E-state index in [1.165, 1.54) is 0 Å². The molecule has 0 spiro atoms. The third-order valence-electron chi connectivity index (χ3n) is 3.13. The predicted molar refractivity (Wildman–Crippen MR) is 83.1 cm³/mol. The fraction of sp³-hybridized carbons (Fsp3) is 0.375. The lowest BCUT2D eigenvalue weighted by molar-refractivity contribution is 0.0955. The molecule has 4 heteroatoms. The average Bonchev–Trinajstić information content (AvgIpc) is 2.47. The number of rotatable bonds is 6.